The fourth-order valence-corrected chi connectivity index (χ4v) is 26.7. The molecule has 2 aliphatic carbocycles. The Morgan fingerprint density at radius 1 is 0.551 bits per heavy atom. The number of fused-ring (bicyclic) bond motifs is 2. The number of hydrogen-bond acceptors (Lipinski definition) is 0. The molecule has 0 aromatic heterocycles. The van der Waals surface area contributed by atoms with Crippen molar-refractivity contribution in [1.29, 1.82) is 0 Å². The quantitative estimate of drug-likeness (QED) is 0.139. The molecule has 1 fully saturated rings. The van der Waals surface area contributed by atoms with Gasteiger partial charge in [-0.3, -0.25) is 0 Å². The topological polar surface area (TPSA) is 0 Å². The van der Waals surface area contributed by atoms with Crippen molar-refractivity contribution in [1.82, 2.24) is 0 Å². The summed E-state index contributed by atoms with van der Waals surface area (Å²) in [6.45, 7) is 14.3. The first-order valence-corrected chi connectivity index (χ1v) is 25.0. The normalized spacial score (nSPS) is 17.7. The Labute approximate surface area is 314 Å². The predicted molar refractivity (Wildman–Crippen MR) is 202 cm³/mol. The van der Waals surface area contributed by atoms with Gasteiger partial charge in [-0.2, -0.15) is 0 Å². The number of aryl methyl sites for hydroxylation is 2. The molecular weight excluding hydrogens is 715 g/mol. The molecule has 0 bridgehead atoms. The Hall–Kier alpha value is -2.18. The van der Waals surface area contributed by atoms with Crippen LogP contribution < -0.4 is 24.8 Å². The third kappa shape index (κ3) is 7.43. The van der Waals surface area contributed by atoms with Crippen LogP contribution in [0.2, 0.25) is 8.26 Å². The van der Waals surface area contributed by atoms with Gasteiger partial charge in [-0.25, -0.2) is 0 Å². The summed E-state index contributed by atoms with van der Waals surface area (Å²) in [5.41, 5.74) is 18.5. The van der Waals surface area contributed by atoms with Crippen molar-refractivity contribution in [3.8, 4) is 22.3 Å². The van der Waals surface area contributed by atoms with E-state index < -0.39 is 20.3 Å². The maximum absolute atomic E-state index is 2.80. The van der Waals surface area contributed by atoms with Crippen molar-refractivity contribution in [2.75, 3.05) is 0 Å². The molecule has 1 heterocycles. The van der Waals surface area contributed by atoms with E-state index in [4.69, 9.17) is 0 Å². The third-order valence-corrected chi connectivity index (χ3v) is 24.2. The maximum Gasteiger partial charge on any atom is -1.00 e. The molecule has 2 unspecified atom stereocenters. The van der Waals surface area contributed by atoms with Crippen molar-refractivity contribution in [2.24, 2.45) is 11.8 Å². The molecule has 1 saturated heterocycles. The fraction of sp³-hybridized carbons (Fsp3) is 0.391. The molecule has 0 amide bonds. The zero-order valence-corrected chi connectivity index (χ0v) is 34.4. The van der Waals surface area contributed by atoms with Crippen LogP contribution in [0.4, 0.5) is 0 Å². The number of halogens is 2. The molecule has 4 aromatic rings. The Bertz CT molecular complexity index is 1670. The van der Waals surface area contributed by atoms with Gasteiger partial charge in [0.15, 0.2) is 0 Å². The summed E-state index contributed by atoms with van der Waals surface area (Å²) in [4.78, 5) is 0. The van der Waals surface area contributed by atoms with Gasteiger partial charge in [0.1, 0.15) is 0 Å². The third-order valence-electron chi connectivity index (χ3n) is 11.2. The van der Waals surface area contributed by atoms with Crippen LogP contribution in [0.15, 0.2) is 96.1 Å². The Kier molecular flexibility index (Phi) is 12.4. The smallest absolute Gasteiger partial charge is 1.00 e. The molecule has 256 valence electrons. The van der Waals surface area contributed by atoms with E-state index in [2.05, 4.69) is 139 Å². The van der Waals surface area contributed by atoms with Gasteiger partial charge in [0.2, 0.25) is 0 Å². The van der Waals surface area contributed by atoms with Gasteiger partial charge in [-0.1, -0.05) is 0 Å². The molecule has 49 heavy (non-hydrogen) atoms. The summed E-state index contributed by atoms with van der Waals surface area (Å²) in [6, 6.07) is 33.6. The first-order chi connectivity index (χ1) is 22.8. The van der Waals surface area contributed by atoms with Crippen LogP contribution in [0.5, 0.6) is 0 Å². The minimum Gasteiger partial charge on any atom is -1.00 e. The van der Waals surface area contributed by atoms with Gasteiger partial charge < -0.3 is 24.8 Å². The van der Waals surface area contributed by atoms with Crippen molar-refractivity contribution in [2.45, 2.75) is 95.6 Å². The van der Waals surface area contributed by atoms with Crippen LogP contribution >= 0.6 is 0 Å². The fourth-order valence-electron chi connectivity index (χ4n) is 9.25. The van der Waals surface area contributed by atoms with Crippen LogP contribution in [-0.2, 0) is 33.1 Å². The van der Waals surface area contributed by atoms with E-state index in [0.29, 0.717) is 19.1 Å². The van der Waals surface area contributed by atoms with Gasteiger partial charge in [-0.05, 0) is 0 Å². The van der Waals surface area contributed by atoms with E-state index in [-0.39, 0.29) is 24.8 Å². The molecule has 0 saturated carbocycles. The van der Waals surface area contributed by atoms with E-state index in [9.17, 15) is 0 Å². The van der Waals surface area contributed by atoms with Crippen molar-refractivity contribution in [3.05, 3.63) is 129 Å². The first-order valence-electron chi connectivity index (χ1n) is 18.7. The van der Waals surface area contributed by atoms with Crippen molar-refractivity contribution in [3.63, 3.8) is 0 Å². The minimum atomic E-state index is -2.80. The predicted octanol–water partition coefficient (Wildman–Crippen LogP) is 7.61. The van der Waals surface area contributed by atoms with Crippen LogP contribution in [0.25, 0.3) is 34.4 Å². The zero-order valence-electron chi connectivity index (χ0n) is 30.5. The molecule has 3 heteroatoms. The van der Waals surface area contributed by atoms with Gasteiger partial charge in [0, 0.05) is 0 Å². The van der Waals surface area contributed by atoms with Crippen LogP contribution in [0.1, 0.15) is 108 Å². The first kappa shape index (κ1) is 38.1. The molecule has 0 radical (unpaired) electrons. The second kappa shape index (κ2) is 16.0. The molecule has 3 aliphatic rings. The minimum absolute atomic E-state index is 0. The number of benzene rings is 4. The van der Waals surface area contributed by atoms with Gasteiger partial charge in [-0.15, -0.1) is 0 Å². The second-order valence-electron chi connectivity index (χ2n) is 15.7. The summed E-state index contributed by atoms with van der Waals surface area (Å²) in [7, 11) is 0. The van der Waals surface area contributed by atoms with E-state index in [1.807, 2.05) is 0 Å². The van der Waals surface area contributed by atoms with Gasteiger partial charge in [0.05, 0.1) is 0 Å². The molecule has 1 aliphatic heterocycles. The summed E-state index contributed by atoms with van der Waals surface area (Å²) in [6.07, 6.45) is 12.5. The Morgan fingerprint density at radius 2 is 0.939 bits per heavy atom. The second-order valence-corrected chi connectivity index (χ2v) is 27.1. The van der Waals surface area contributed by atoms with E-state index in [1.54, 1.807) is 22.3 Å². The zero-order chi connectivity index (χ0) is 32.7. The summed E-state index contributed by atoms with van der Waals surface area (Å²) in [5, 5.41) is 0. The number of allylic oxidation sites excluding steroid dienone is 2. The van der Waals surface area contributed by atoms with E-state index in [1.165, 1.54) is 78.4 Å². The van der Waals surface area contributed by atoms with E-state index >= 15 is 0 Å². The monoisotopic (exact) mass is 766 g/mol. The molecular formula is C46H54Cl2Zr. The number of rotatable bonds is 12. The van der Waals surface area contributed by atoms with E-state index in [0.717, 1.165) is 12.8 Å². The molecule has 2 atom stereocenters. The van der Waals surface area contributed by atoms with Crippen LogP contribution in [0.3, 0.4) is 0 Å². The maximum atomic E-state index is 2.68. The summed E-state index contributed by atoms with van der Waals surface area (Å²) in [5.74, 6) is 1.33. The van der Waals surface area contributed by atoms with Gasteiger partial charge >= 0.3 is 292 Å². The molecule has 4 aromatic carbocycles. The van der Waals surface area contributed by atoms with Gasteiger partial charge in [0.25, 0.3) is 0 Å². The van der Waals surface area contributed by atoms with Crippen LogP contribution in [-0.4, -0.2) is 0 Å². The summed E-state index contributed by atoms with van der Waals surface area (Å²) < 4.78 is 4.40. The number of hydrogen-bond donors (Lipinski definition) is 0. The van der Waals surface area contributed by atoms with Crippen LogP contribution in [0, 0.1) is 11.8 Å². The molecule has 0 N–H and O–H groups in total. The average Bonchev–Trinajstić information content (AvgIpc) is 3.61. The Balaban J connectivity index is 0.00000234. The molecule has 7 rings (SSSR count). The van der Waals surface area contributed by atoms with Crippen molar-refractivity contribution >= 4 is 12.2 Å². The van der Waals surface area contributed by atoms with Crippen molar-refractivity contribution < 1.29 is 45.1 Å². The molecule has 0 nitrogen and oxygen atoms in total. The average molecular weight is 769 g/mol. The molecule has 0 spiro atoms. The standard InChI is InChI=1S/2C22H25.C2H4.2ClH.Zr/c2*1-4-6-17-9-11-19(12-10-17)21-8-5-7-20-14-18(13-16(2)3)15-22(20)21;1-2;;;/h2*5,7-12,14-16H,4,6,13H2,1-3H3;1-2H2;2*1H;/q;;;;;+2/p-2. The SMILES string of the molecule is CCCc1ccc(-c2cccc3c2C=C(CC(C)C)[CH]3[Zr+2]2([CH]3C(CC(C)C)=Cc4c(-c5ccc(CCC)cc5)cccc43)[CH2][CH2]2)cc1.[Cl-].[Cl-]. The Morgan fingerprint density at radius 3 is 1.27 bits per heavy atom. The summed E-state index contributed by atoms with van der Waals surface area (Å²) >= 11 is -2.80. The largest absolute Gasteiger partial charge is 1.00 e.